The van der Waals surface area contributed by atoms with Crippen molar-refractivity contribution in [2.45, 2.75) is 38.7 Å². The van der Waals surface area contributed by atoms with E-state index in [0.29, 0.717) is 29.4 Å². The van der Waals surface area contributed by atoms with E-state index in [1.807, 2.05) is 36.4 Å². The summed E-state index contributed by atoms with van der Waals surface area (Å²) in [6.07, 6.45) is 4.78. The van der Waals surface area contributed by atoms with Crippen molar-refractivity contribution < 1.29 is 9.47 Å². The summed E-state index contributed by atoms with van der Waals surface area (Å²) in [4.78, 5) is 11.5. The van der Waals surface area contributed by atoms with Crippen LogP contribution in [-0.4, -0.2) is 47.4 Å². The number of nitrogens with one attached hydrogen (secondary N) is 2. The molecule has 1 aromatic heterocycles. The molecule has 0 saturated carbocycles. The molecular weight excluding hydrogens is 398 g/mol. The second-order valence-electron chi connectivity index (χ2n) is 7.97. The first-order valence-electron chi connectivity index (χ1n) is 10.7. The monoisotopic (exact) mass is 427 g/mol. The summed E-state index contributed by atoms with van der Waals surface area (Å²) in [6, 6.07) is 11.6. The van der Waals surface area contributed by atoms with Crippen molar-refractivity contribution in [1.82, 2.24) is 15.3 Å². The molecule has 160 valence electrons. The molecule has 1 aromatic carbocycles. The van der Waals surface area contributed by atoms with Gasteiger partial charge in [-0.15, -0.1) is 0 Å². The summed E-state index contributed by atoms with van der Waals surface area (Å²) in [7, 11) is 0. The van der Waals surface area contributed by atoms with E-state index in [0.717, 1.165) is 50.5 Å². The standard InChI is InChI=1S/C22H29N5O2S/c1-16-7-5-11-27(15-16)19-13-20(29-17-8-3-2-4-9-17)25-21(24-19)26-22(30)23-14-18-10-6-12-28-18/h2-4,8-9,13,16,18H,5-7,10-12,14-15H2,1H3,(H2,23,24,25,26,30)/t16-,18-/m0/s1. The Bertz CT molecular complexity index is 845. The van der Waals surface area contributed by atoms with Gasteiger partial charge in [0.25, 0.3) is 0 Å². The van der Waals surface area contributed by atoms with Crippen molar-refractivity contribution in [2.75, 3.05) is 36.5 Å². The van der Waals surface area contributed by atoms with Gasteiger partial charge in [0, 0.05) is 32.3 Å². The van der Waals surface area contributed by atoms with Crippen molar-refractivity contribution in [3.05, 3.63) is 36.4 Å². The number of rotatable bonds is 6. The van der Waals surface area contributed by atoms with Gasteiger partial charge in [-0.2, -0.15) is 9.97 Å². The molecule has 8 heteroatoms. The number of thiocarbonyl (C=S) groups is 1. The summed E-state index contributed by atoms with van der Waals surface area (Å²) in [5.74, 6) is 3.15. The molecule has 0 unspecified atom stereocenters. The SMILES string of the molecule is C[C@H]1CCCN(c2cc(Oc3ccccc3)nc(NC(=S)NC[C@@H]3CCCO3)n2)C1. The van der Waals surface area contributed by atoms with Crippen molar-refractivity contribution >= 4 is 29.1 Å². The first-order valence-corrected chi connectivity index (χ1v) is 11.1. The minimum absolute atomic E-state index is 0.212. The number of aromatic nitrogens is 2. The Kier molecular flexibility index (Phi) is 6.96. The van der Waals surface area contributed by atoms with Crippen LogP contribution in [0.2, 0.25) is 0 Å². The van der Waals surface area contributed by atoms with Gasteiger partial charge in [0.05, 0.1) is 6.10 Å². The zero-order valence-electron chi connectivity index (χ0n) is 17.3. The average molecular weight is 428 g/mol. The zero-order chi connectivity index (χ0) is 20.8. The molecule has 4 rings (SSSR count). The maximum absolute atomic E-state index is 6.00. The van der Waals surface area contributed by atoms with Crippen molar-refractivity contribution in [1.29, 1.82) is 0 Å². The number of hydrogen-bond donors (Lipinski definition) is 2. The fraction of sp³-hybridized carbons (Fsp3) is 0.500. The van der Waals surface area contributed by atoms with E-state index in [1.165, 1.54) is 6.42 Å². The Balaban J connectivity index is 1.49. The van der Waals surface area contributed by atoms with Gasteiger partial charge in [-0.05, 0) is 56.0 Å². The predicted molar refractivity (Wildman–Crippen MR) is 122 cm³/mol. The highest BCUT2D eigenvalue weighted by Crippen LogP contribution is 2.27. The first-order chi connectivity index (χ1) is 14.7. The van der Waals surface area contributed by atoms with E-state index >= 15 is 0 Å². The summed E-state index contributed by atoms with van der Waals surface area (Å²) in [6.45, 7) is 5.74. The van der Waals surface area contributed by atoms with E-state index in [4.69, 9.17) is 26.7 Å². The Morgan fingerprint density at radius 3 is 2.87 bits per heavy atom. The zero-order valence-corrected chi connectivity index (χ0v) is 18.2. The number of hydrogen-bond acceptors (Lipinski definition) is 6. The lowest BCUT2D eigenvalue weighted by molar-refractivity contribution is 0.114. The van der Waals surface area contributed by atoms with Crippen LogP contribution < -0.4 is 20.3 Å². The number of para-hydroxylation sites is 1. The maximum atomic E-state index is 6.00. The largest absolute Gasteiger partial charge is 0.439 e. The fourth-order valence-corrected chi connectivity index (χ4v) is 4.02. The molecule has 2 fully saturated rings. The van der Waals surface area contributed by atoms with Crippen molar-refractivity contribution in [2.24, 2.45) is 5.92 Å². The predicted octanol–water partition coefficient (Wildman–Crippen LogP) is 3.97. The number of anilines is 2. The Hall–Kier alpha value is -2.45. The molecule has 0 bridgehead atoms. The smallest absolute Gasteiger partial charge is 0.234 e. The molecule has 3 heterocycles. The average Bonchev–Trinajstić information content (AvgIpc) is 3.27. The van der Waals surface area contributed by atoms with Gasteiger partial charge in [-0.1, -0.05) is 25.1 Å². The third kappa shape index (κ3) is 5.79. The molecule has 7 nitrogen and oxygen atoms in total. The van der Waals surface area contributed by atoms with Gasteiger partial charge in [0.2, 0.25) is 11.8 Å². The molecule has 2 aliphatic rings. The van der Waals surface area contributed by atoms with Crippen molar-refractivity contribution in [3.63, 3.8) is 0 Å². The minimum atomic E-state index is 0.212. The second-order valence-corrected chi connectivity index (χ2v) is 8.37. The lowest BCUT2D eigenvalue weighted by Gasteiger charge is -2.32. The highest BCUT2D eigenvalue weighted by Gasteiger charge is 2.20. The van der Waals surface area contributed by atoms with Crippen LogP contribution in [0.1, 0.15) is 32.6 Å². The van der Waals surface area contributed by atoms with E-state index in [-0.39, 0.29) is 6.10 Å². The quantitative estimate of drug-likeness (QED) is 0.671. The highest BCUT2D eigenvalue weighted by molar-refractivity contribution is 7.80. The Labute approximate surface area is 183 Å². The van der Waals surface area contributed by atoms with Crippen molar-refractivity contribution in [3.8, 4) is 11.6 Å². The molecule has 2 aromatic rings. The van der Waals surface area contributed by atoms with Crippen LogP contribution >= 0.6 is 12.2 Å². The Morgan fingerprint density at radius 1 is 1.23 bits per heavy atom. The van der Waals surface area contributed by atoms with Crippen LogP contribution in [0.25, 0.3) is 0 Å². The van der Waals surface area contributed by atoms with Gasteiger partial charge in [0.1, 0.15) is 11.6 Å². The van der Waals surface area contributed by atoms with Crippen LogP contribution in [0.5, 0.6) is 11.6 Å². The van der Waals surface area contributed by atoms with Crippen LogP contribution in [-0.2, 0) is 4.74 Å². The normalized spacial score (nSPS) is 21.3. The topological polar surface area (TPSA) is 71.5 Å². The molecule has 0 amide bonds. The van der Waals surface area contributed by atoms with Crippen LogP contribution in [0, 0.1) is 5.92 Å². The Morgan fingerprint density at radius 2 is 2.10 bits per heavy atom. The van der Waals surface area contributed by atoms with E-state index < -0.39 is 0 Å². The van der Waals surface area contributed by atoms with Crippen LogP contribution in [0.4, 0.5) is 11.8 Å². The van der Waals surface area contributed by atoms with E-state index in [2.05, 4.69) is 27.4 Å². The van der Waals surface area contributed by atoms with Gasteiger partial charge in [0.15, 0.2) is 5.11 Å². The van der Waals surface area contributed by atoms with E-state index in [9.17, 15) is 0 Å². The fourth-order valence-electron chi connectivity index (χ4n) is 3.85. The summed E-state index contributed by atoms with van der Waals surface area (Å²) in [5.41, 5.74) is 0. The lowest BCUT2D eigenvalue weighted by atomic mass is 10.0. The van der Waals surface area contributed by atoms with Gasteiger partial charge >= 0.3 is 0 Å². The summed E-state index contributed by atoms with van der Waals surface area (Å²) < 4.78 is 11.6. The highest BCUT2D eigenvalue weighted by atomic mass is 32.1. The molecule has 2 saturated heterocycles. The minimum Gasteiger partial charge on any atom is -0.439 e. The number of ether oxygens (including phenoxy) is 2. The molecule has 30 heavy (non-hydrogen) atoms. The second kappa shape index (κ2) is 10.0. The van der Waals surface area contributed by atoms with E-state index in [1.54, 1.807) is 0 Å². The number of benzene rings is 1. The maximum Gasteiger partial charge on any atom is 0.234 e. The van der Waals surface area contributed by atoms with Gasteiger partial charge in [-0.25, -0.2) is 0 Å². The number of piperidine rings is 1. The first kappa shape index (κ1) is 20.8. The summed E-state index contributed by atoms with van der Waals surface area (Å²) >= 11 is 5.45. The molecule has 2 N–H and O–H groups in total. The number of nitrogens with zero attached hydrogens (tertiary/aromatic N) is 3. The molecule has 2 atom stereocenters. The van der Waals surface area contributed by atoms with Gasteiger partial charge < -0.3 is 25.0 Å². The molecule has 2 aliphatic heterocycles. The third-order valence-corrected chi connectivity index (χ3v) is 5.62. The van der Waals surface area contributed by atoms with Crippen LogP contribution in [0.3, 0.4) is 0 Å². The lowest BCUT2D eigenvalue weighted by Crippen LogP contribution is -2.36. The molecule has 0 spiro atoms. The van der Waals surface area contributed by atoms with Gasteiger partial charge in [-0.3, -0.25) is 0 Å². The van der Waals surface area contributed by atoms with Crippen LogP contribution in [0.15, 0.2) is 36.4 Å². The summed E-state index contributed by atoms with van der Waals surface area (Å²) in [5, 5.41) is 6.81. The molecule has 0 radical (unpaired) electrons. The molecular formula is C22H29N5O2S. The third-order valence-electron chi connectivity index (χ3n) is 5.38. The molecule has 0 aliphatic carbocycles.